The fourth-order valence-corrected chi connectivity index (χ4v) is 2.70. The van der Waals surface area contributed by atoms with Crippen molar-refractivity contribution < 1.29 is 4.74 Å². The van der Waals surface area contributed by atoms with E-state index in [1.807, 2.05) is 6.07 Å². The molecule has 1 fully saturated rings. The van der Waals surface area contributed by atoms with Gasteiger partial charge in [0.15, 0.2) is 0 Å². The Morgan fingerprint density at radius 2 is 2.06 bits per heavy atom. The molecule has 88 valence electrons. The standard InChI is InChI=1S/C14H21NO/c1-14(2)10-15-9-8-12(14)11-6-4-5-7-13(11)16-3/h4-7,12,15H,8-10H2,1-3H3. The summed E-state index contributed by atoms with van der Waals surface area (Å²) in [6, 6.07) is 8.41. The second kappa shape index (κ2) is 4.46. The Hall–Kier alpha value is -1.02. The van der Waals surface area contributed by atoms with Crippen molar-refractivity contribution in [1.82, 2.24) is 5.32 Å². The minimum Gasteiger partial charge on any atom is -0.496 e. The molecule has 1 aliphatic heterocycles. The highest BCUT2D eigenvalue weighted by Crippen LogP contribution is 2.42. The summed E-state index contributed by atoms with van der Waals surface area (Å²) in [6.07, 6.45) is 1.19. The van der Waals surface area contributed by atoms with Crippen molar-refractivity contribution >= 4 is 0 Å². The largest absolute Gasteiger partial charge is 0.496 e. The summed E-state index contributed by atoms with van der Waals surface area (Å²) in [7, 11) is 1.76. The normalized spacial score (nSPS) is 24.1. The van der Waals surface area contributed by atoms with Gasteiger partial charge < -0.3 is 10.1 Å². The predicted molar refractivity (Wildman–Crippen MR) is 67.0 cm³/mol. The molecule has 1 unspecified atom stereocenters. The molecule has 1 saturated heterocycles. The van der Waals surface area contributed by atoms with E-state index in [0.717, 1.165) is 18.8 Å². The molecule has 2 nitrogen and oxygen atoms in total. The first-order valence-corrected chi connectivity index (χ1v) is 5.99. The highest BCUT2D eigenvalue weighted by atomic mass is 16.5. The average molecular weight is 219 g/mol. The van der Waals surface area contributed by atoms with E-state index < -0.39 is 0 Å². The van der Waals surface area contributed by atoms with Crippen molar-refractivity contribution in [3.8, 4) is 5.75 Å². The Kier molecular flexibility index (Phi) is 3.20. The molecule has 1 aliphatic rings. The molecule has 1 N–H and O–H groups in total. The van der Waals surface area contributed by atoms with Crippen molar-refractivity contribution in [2.24, 2.45) is 5.41 Å². The number of hydrogen-bond donors (Lipinski definition) is 1. The van der Waals surface area contributed by atoms with Crippen LogP contribution in [0, 0.1) is 5.41 Å². The van der Waals surface area contributed by atoms with E-state index in [-0.39, 0.29) is 0 Å². The Labute approximate surface area is 98.0 Å². The van der Waals surface area contributed by atoms with Crippen LogP contribution in [0.25, 0.3) is 0 Å². The third-order valence-electron chi connectivity index (χ3n) is 3.65. The predicted octanol–water partition coefficient (Wildman–Crippen LogP) is 2.80. The van der Waals surface area contributed by atoms with Crippen LogP contribution in [-0.2, 0) is 0 Å². The fourth-order valence-electron chi connectivity index (χ4n) is 2.70. The van der Waals surface area contributed by atoms with Crippen molar-refractivity contribution in [2.45, 2.75) is 26.2 Å². The molecule has 0 aromatic heterocycles. The van der Waals surface area contributed by atoms with Gasteiger partial charge in [-0.1, -0.05) is 32.0 Å². The smallest absolute Gasteiger partial charge is 0.122 e. The molecular formula is C14H21NO. The van der Waals surface area contributed by atoms with Gasteiger partial charge in [-0.25, -0.2) is 0 Å². The molecule has 0 radical (unpaired) electrons. The van der Waals surface area contributed by atoms with Gasteiger partial charge in [0.25, 0.3) is 0 Å². The zero-order chi connectivity index (χ0) is 11.6. The number of para-hydroxylation sites is 1. The number of hydrogen-bond acceptors (Lipinski definition) is 2. The number of benzene rings is 1. The maximum absolute atomic E-state index is 5.47. The lowest BCUT2D eigenvalue weighted by molar-refractivity contribution is 0.215. The summed E-state index contributed by atoms with van der Waals surface area (Å²) in [6.45, 7) is 6.84. The maximum Gasteiger partial charge on any atom is 0.122 e. The molecule has 16 heavy (non-hydrogen) atoms. The maximum atomic E-state index is 5.47. The van der Waals surface area contributed by atoms with E-state index in [2.05, 4.69) is 37.4 Å². The van der Waals surface area contributed by atoms with E-state index in [1.54, 1.807) is 7.11 Å². The van der Waals surface area contributed by atoms with Gasteiger partial charge in [-0.15, -0.1) is 0 Å². The molecule has 1 heterocycles. The summed E-state index contributed by atoms with van der Waals surface area (Å²) < 4.78 is 5.47. The lowest BCUT2D eigenvalue weighted by Crippen LogP contribution is -2.41. The van der Waals surface area contributed by atoms with Gasteiger partial charge in [0.2, 0.25) is 0 Å². The number of rotatable bonds is 2. The fraction of sp³-hybridized carbons (Fsp3) is 0.571. The molecule has 2 heteroatoms. The molecule has 1 aromatic rings. The summed E-state index contributed by atoms with van der Waals surface area (Å²) in [5, 5.41) is 3.47. The topological polar surface area (TPSA) is 21.3 Å². The molecule has 0 spiro atoms. The Balaban J connectivity index is 2.34. The van der Waals surface area contributed by atoms with E-state index in [0.29, 0.717) is 11.3 Å². The molecule has 0 saturated carbocycles. The summed E-state index contributed by atoms with van der Waals surface area (Å²) in [5.41, 5.74) is 1.66. The van der Waals surface area contributed by atoms with Gasteiger partial charge in [-0.05, 0) is 35.9 Å². The van der Waals surface area contributed by atoms with Crippen molar-refractivity contribution in [2.75, 3.05) is 20.2 Å². The number of nitrogens with one attached hydrogen (secondary N) is 1. The molecule has 0 aliphatic carbocycles. The van der Waals surface area contributed by atoms with Gasteiger partial charge in [-0.2, -0.15) is 0 Å². The van der Waals surface area contributed by atoms with Crippen molar-refractivity contribution in [3.05, 3.63) is 29.8 Å². The lowest BCUT2D eigenvalue weighted by atomic mass is 9.71. The first-order chi connectivity index (χ1) is 7.65. The van der Waals surface area contributed by atoms with Crippen LogP contribution >= 0.6 is 0 Å². The van der Waals surface area contributed by atoms with Crippen molar-refractivity contribution in [3.63, 3.8) is 0 Å². The first-order valence-electron chi connectivity index (χ1n) is 5.99. The molecule has 1 aromatic carbocycles. The first kappa shape index (κ1) is 11.5. The van der Waals surface area contributed by atoms with Crippen LogP contribution < -0.4 is 10.1 Å². The van der Waals surface area contributed by atoms with Crippen LogP contribution in [0.3, 0.4) is 0 Å². The second-order valence-corrected chi connectivity index (χ2v) is 5.25. The Bertz CT molecular complexity index is 360. The van der Waals surface area contributed by atoms with Crippen LogP contribution in [0.15, 0.2) is 24.3 Å². The zero-order valence-electron chi connectivity index (χ0n) is 10.4. The van der Waals surface area contributed by atoms with Gasteiger partial charge in [0.1, 0.15) is 5.75 Å². The lowest BCUT2D eigenvalue weighted by Gasteiger charge is -2.39. The monoisotopic (exact) mass is 219 g/mol. The quantitative estimate of drug-likeness (QED) is 0.826. The minimum absolute atomic E-state index is 0.298. The highest BCUT2D eigenvalue weighted by molar-refractivity contribution is 5.37. The molecule has 0 amide bonds. The van der Waals surface area contributed by atoms with E-state index in [1.165, 1.54) is 12.0 Å². The van der Waals surface area contributed by atoms with E-state index in [4.69, 9.17) is 4.74 Å². The van der Waals surface area contributed by atoms with Gasteiger partial charge in [-0.3, -0.25) is 0 Å². The zero-order valence-corrected chi connectivity index (χ0v) is 10.4. The Morgan fingerprint density at radius 1 is 1.31 bits per heavy atom. The Morgan fingerprint density at radius 3 is 2.75 bits per heavy atom. The number of ether oxygens (including phenoxy) is 1. The van der Waals surface area contributed by atoms with E-state index in [9.17, 15) is 0 Å². The van der Waals surface area contributed by atoms with Crippen LogP contribution in [0.1, 0.15) is 31.7 Å². The van der Waals surface area contributed by atoms with Crippen molar-refractivity contribution in [1.29, 1.82) is 0 Å². The third kappa shape index (κ3) is 2.07. The second-order valence-electron chi connectivity index (χ2n) is 5.25. The third-order valence-corrected chi connectivity index (χ3v) is 3.65. The molecular weight excluding hydrogens is 198 g/mol. The average Bonchev–Trinajstić information content (AvgIpc) is 2.28. The summed E-state index contributed by atoms with van der Waals surface area (Å²) in [4.78, 5) is 0. The number of piperidine rings is 1. The summed E-state index contributed by atoms with van der Waals surface area (Å²) >= 11 is 0. The number of methoxy groups -OCH3 is 1. The molecule has 0 bridgehead atoms. The highest BCUT2D eigenvalue weighted by Gasteiger charge is 2.34. The summed E-state index contributed by atoms with van der Waals surface area (Å²) in [5.74, 6) is 1.62. The van der Waals surface area contributed by atoms with E-state index >= 15 is 0 Å². The van der Waals surface area contributed by atoms with Crippen LogP contribution in [0.4, 0.5) is 0 Å². The van der Waals surface area contributed by atoms with Crippen LogP contribution in [-0.4, -0.2) is 20.2 Å². The van der Waals surface area contributed by atoms with Gasteiger partial charge in [0, 0.05) is 6.54 Å². The van der Waals surface area contributed by atoms with Gasteiger partial charge in [0.05, 0.1) is 7.11 Å². The van der Waals surface area contributed by atoms with Crippen LogP contribution in [0.5, 0.6) is 5.75 Å². The van der Waals surface area contributed by atoms with Gasteiger partial charge >= 0.3 is 0 Å². The van der Waals surface area contributed by atoms with Crippen LogP contribution in [0.2, 0.25) is 0 Å². The molecule has 1 atom stereocenters. The molecule has 2 rings (SSSR count). The SMILES string of the molecule is COc1ccccc1C1CCNCC1(C)C. The minimum atomic E-state index is 0.298.